The van der Waals surface area contributed by atoms with Crippen LogP contribution in [-0.2, 0) is 21.7 Å². The molecule has 2 heteroatoms. The number of fused-ring (bicyclic) bond motifs is 6. The van der Waals surface area contributed by atoms with E-state index in [0.29, 0.717) is 0 Å². The lowest BCUT2D eigenvalue weighted by Crippen LogP contribution is -2.20. The first kappa shape index (κ1) is 53.8. The van der Waals surface area contributed by atoms with Gasteiger partial charge in [0.15, 0.2) is 0 Å². The molecule has 0 amide bonds. The van der Waals surface area contributed by atoms with Crippen molar-refractivity contribution in [2.75, 3.05) is 9.80 Å². The second kappa shape index (κ2) is 21.4. The van der Waals surface area contributed by atoms with Crippen LogP contribution in [-0.4, -0.2) is 0 Å². The van der Waals surface area contributed by atoms with Crippen LogP contribution < -0.4 is 9.80 Å². The molecule has 0 aromatic heterocycles. The summed E-state index contributed by atoms with van der Waals surface area (Å²) in [5.74, 6) is 0. The Morgan fingerprint density at radius 1 is 0.190 bits per heavy atom. The van der Waals surface area contributed by atoms with Crippen molar-refractivity contribution in [3.63, 3.8) is 0 Å². The van der Waals surface area contributed by atoms with Crippen LogP contribution in [0.15, 0.2) is 291 Å². The minimum Gasteiger partial charge on any atom is -0.309 e. The van der Waals surface area contributed by atoms with E-state index in [1.54, 1.807) is 0 Å². The molecule has 0 saturated heterocycles. The molecular formula is C82H72N2. The van der Waals surface area contributed by atoms with Crippen molar-refractivity contribution in [1.29, 1.82) is 0 Å². The summed E-state index contributed by atoms with van der Waals surface area (Å²) in [4.78, 5) is 5.11. The average Bonchev–Trinajstić information content (AvgIpc) is 1.33. The summed E-state index contributed by atoms with van der Waals surface area (Å²) in [6.45, 7) is 18.7. The lowest BCUT2D eigenvalue weighted by molar-refractivity contribution is 0.640. The van der Waals surface area contributed by atoms with Gasteiger partial charge in [-0.25, -0.2) is 0 Å². The highest BCUT2D eigenvalue weighted by molar-refractivity contribution is 6.33. The summed E-state index contributed by atoms with van der Waals surface area (Å²) in [6, 6.07) is 109. The molecule has 0 saturated carbocycles. The molecule has 0 bridgehead atoms. The van der Waals surface area contributed by atoms with Gasteiger partial charge in [0.1, 0.15) is 0 Å². The van der Waals surface area contributed by atoms with Gasteiger partial charge in [-0.1, -0.05) is 298 Å². The molecule has 410 valence electrons. The third-order valence-corrected chi connectivity index (χ3v) is 18.7. The molecule has 0 spiro atoms. The van der Waals surface area contributed by atoms with Crippen LogP contribution in [0, 0.1) is 0 Å². The average molecular weight is 1090 g/mol. The maximum atomic E-state index is 2.56. The number of rotatable bonds is 14. The van der Waals surface area contributed by atoms with Gasteiger partial charge in [0.05, 0.1) is 11.4 Å². The van der Waals surface area contributed by atoms with Crippen molar-refractivity contribution in [1.82, 2.24) is 0 Å². The minimum absolute atomic E-state index is 0.222. The van der Waals surface area contributed by atoms with Gasteiger partial charge < -0.3 is 9.80 Å². The second-order valence-electron chi connectivity index (χ2n) is 24.9. The first-order chi connectivity index (χ1) is 40.7. The number of anilines is 6. The summed E-state index contributed by atoms with van der Waals surface area (Å²) >= 11 is 0. The van der Waals surface area contributed by atoms with Gasteiger partial charge >= 0.3 is 0 Å². The normalized spacial score (nSPS) is 12.3. The molecule has 0 N–H and O–H groups in total. The first-order valence-corrected chi connectivity index (χ1v) is 29.7. The summed E-state index contributed by atoms with van der Waals surface area (Å²) < 4.78 is 0. The summed E-state index contributed by atoms with van der Waals surface area (Å²) in [5.41, 5.74) is 15.9. The smallest absolute Gasteiger partial charge is 0.0626 e. The molecule has 0 unspecified atom stereocenters. The Balaban J connectivity index is 1.11. The van der Waals surface area contributed by atoms with Crippen molar-refractivity contribution in [3.8, 4) is 0 Å². The molecule has 2 nitrogen and oxygen atoms in total. The van der Waals surface area contributed by atoms with E-state index in [0.717, 1.165) is 44.9 Å². The fraction of sp³-hybridized carbons (Fsp3) is 0.146. The number of benzene rings is 13. The van der Waals surface area contributed by atoms with E-state index >= 15 is 0 Å². The van der Waals surface area contributed by atoms with Gasteiger partial charge in [0.2, 0.25) is 0 Å². The SMILES string of the molecule is CC(C)(c1ccccc1)c1ccc(N(c2ccc(C(C)(C)c3ccccc3)cc2)c2c3ccc4ccccc4c3c(N(c3ccc(C(C)(C)c4ccccc4)cc3)c3ccc(C(C)(C)c4ccccc4)cc3)c3ccc4ccccc4c23)cc1. The van der Waals surface area contributed by atoms with E-state index in [1.165, 1.54) is 76.8 Å². The molecule has 84 heavy (non-hydrogen) atoms. The molecule has 0 fully saturated rings. The molecule has 13 aromatic rings. The van der Waals surface area contributed by atoms with E-state index in [2.05, 4.69) is 356 Å². The van der Waals surface area contributed by atoms with E-state index < -0.39 is 0 Å². The molecule has 0 aliphatic rings. The molecular weight excluding hydrogens is 1010 g/mol. The lowest BCUT2D eigenvalue weighted by Gasteiger charge is -2.35. The Morgan fingerprint density at radius 2 is 0.405 bits per heavy atom. The number of hydrogen-bond acceptors (Lipinski definition) is 2. The highest BCUT2D eigenvalue weighted by Crippen LogP contribution is 2.55. The van der Waals surface area contributed by atoms with Crippen LogP contribution in [0.25, 0.3) is 43.1 Å². The third kappa shape index (κ3) is 9.41. The van der Waals surface area contributed by atoms with Crippen molar-refractivity contribution >= 4 is 77.2 Å². The molecule has 0 aliphatic heterocycles. The topological polar surface area (TPSA) is 6.48 Å². The van der Waals surface area contributed by atoms with Crippen molar-refractivity contribution in [2.45, 2.75) is 77.0 Å². The van der Waals surface area contributed by atoms with Crippen molar-refractivity contribution in [3.05, 3.63) is 336 Å². The van der Waals surface area contributed by atoms with Gasteiger partial charge in [-0.15, -0.1) is 0 Å². The molecule has 0 atom stereocenters. The largest absolute Gasteiger partial charge is 0.309 e. The number of nitrogens with zero attached hydrogens (tertiary/aromatic N) is 2. The van der Waals surface area contributed by atoms with Crippen molar-refractivity contribution in [2.24, 2.45) is 0 Å². The summed E-state index contributed by atoms with van der Waals surface area (Å²) in [5, 5.41) is 9.42. The zero-order valence-corrected chi connectivity index (χ0v) is 49.6. The van der Waals surface area contributed by atoms with Crippen LogP contribution in [0.3, 0.4) is 0 Å². The Labute approximate surface area is 497 Å². The highest BCUT2D eigenvalue weighted by Gasteiger charge is 2.32. The third-order valence-electron chi connectivity index (χ3n) is 18.7. The molecule has 0 aliphatic carbocycles. The first-order valence-electron chi connectivity index (χ1n) is 29.7. The second-order valence-corrected chi connectivity index (χ2v) is 24.9. The minimum atomic E-state index is -0.222. The van der Waals surface area contributed by atoms with Crippen LogP contribution >= 0.6 is 0 Å². The van der Waals surface area contributed by atoms with Gasteiger partial charge in [0.25, 0.3) is 0 Å². The Bertz CT molecular complexity index is 3980. The Kier molecular flexibility index (Phi) is 13.7. The maximum Gasteiger partial charge on any atom is 0.0626 e. The van der Waals surface area contributed by atoms with Crippen LogP contribution in [0.1, 0.15) is 99.9 Å². The van der Waals surface area contributed by atoms with Crippen LogP contribution in [0.4, 0.5) is 34.1 Å². The van der Waals surface area contributed by atoms with E-state index in [-0.39, 0.29) is 21.7 Å². The lowest BCUT2D eigenvalue weighted by atomic mass is 9.78. The maximum absolute atomic E-state index is 2.56. The summed E-state index contributed by atoms with van der Waals surface area (Å²) in [6.07, 6.45) is 0. The molecule has 13 rings (SSSR count). The van der Waals surface area contributed by atoms with E-state index in [4.69, 9.17) is 0 Å². The Morgan fingerprint density at radius 3 is 0.655 bits per heavy atom. The summed E-state index contributed by atoms with van der Waals surface area (Å²) in [7, 11) is 0. The predicted octanol–water partition coefficient (Wildman–Crippen LogP) is 22.5. The highest BCUT2D eigenvalue weighted by atomic mass is 15.2. The van der Waals surface area contributed by atoms with E-state index in [1.807, 2.05) is 0 Å². The van der Waals surface area contributed by atoms with Gasteiger partial charge in [-0.05, 0) is 115 Å². The zero-order valence-electron chi connectivity index (χ0n) is 49.6. The fourth-order valence-electron chi connectivity index (χ4n) is 13.2. The monoisotopic (exact) mass is 1080 g/mol. The zero-order chi connectivity index (χ0) is 57.8. The fourth-order valence-corrected chi connectivity index (χ4v) is 13.2. The number of hydrogen-bond donors (Lipinski definition) is 0. The predicted molar refractivity (Wildman–Crippen MR) is 360 cm³/mol. The van der Waals surface area contributed by atoms with E-state index in [9.17, 15) is 0 Å². The quantitative estimate of drug-likeness (QED) is 0.0608. The van der Waals surface area contributed by atoms with Crippen LogP contribution in [0.5, 0.6) is 0 Å². The van der Waals surface area contributed by atoms with Gasteiger partial charge in [-0.2, -0.15) is 0 Å². The molecule has 0 radical (unpaired) electrons. The van der Waals surface area contributed by atoms with Gasteiger partial charge in [-0.3, -0.25) is 0 Å². The Hall–Kier alpha value is -9.50. The molecule has 13 aromatic carbocycles. The standard InChI is InChI=1S/C82H72N2/c1-79(2,59-27-13-9-14-28-59)63-39-47-67(48-40-63)83(68-49-41-64(42-50-68)80(3,4)60-29-15-10-16-30-60)77-73-55-37-58-26-22-24-36-72(58)76(73)78(74-56-38-57-25-21-23-35-71(57)75(74)77)84(69-51-43-65(44-52-69)81(5,6)61-31-17-11-18-32-61)70-53-45-66(46-54-70)82(7,8)62-33-19-12-20-34-62/h9-56H,1-8H3. The van der Waals surface area contributed by atoms with Crippen LogP contribution in [0.2, 0.25) is 0 Å². The van der Waals surface area contributed by atoms with Gasteiger partial charge in [0, 0.05) is 66.0 Å². The molecule has 0 heterocycles. The van der Waals surface area contributed by atoms with Crippen molar-refractivity contribution < 1.29 is 0 Å².